The highest BCUT2D eigenvalue weighted by Crippen LogP contribution is 2.39. The molecule has 0 N–H and O–H groups in total. The molecule has 0 unspecified atom stereocenters. The average molecular weight is 297 g/mol. The van der Waals surface area contributed by atoms with Gasteiger partial charge in [0.1, 0.15) is 5.52 Å². The van der Waals surface area contributed by atoms with Crippen molar-refractivity contribution in [1.29, 1.82) is 0 Å². The highest BCUT2D eigenvalue weighted by molar-refractivity contribution is 6.01. The van der Waals surface area contributed by atoms with Crippen LogP contribution in [-0.2, 0) is 7.05 Å². The van der Waals surface area contributed by atoms with Crippen LogP contribution in [0, 0.1) is 20.2 Å². The summed E-state index contributed by atoms with van der Waals surface area (Å²) in [5, 5.41) is 22.9. The van der Waals surface area contributed by atoms with Gasteiger partial charge in [0, 0.05) is 17.5 Å². The smallest absolute Gasteiger partial charge is 0.331 e. The van der Waals surface area contributed by atoms with Crippen molar-refractivity contribution in [3.05, 3.63) is 68.8 Å². The van der Waals surface area contributed by atoms with Gasteiger partial charge in [0.2, 0.25) is 0 Å². The van der Waals surface area contributed by atoms with E-state index in [0.717, 1.165) is 10.9 Å². The van der Waals surface area contributed by atoms with Crippen LogP contribution in [0.5, 0.6) is 0 Å². The van der Waals surface area contributed by atoms with Crippen LogP contribution in [-0.4, -0.2) is 14.4 Å². The molecule has 7 nitrogen and oxygen atoms in total. The lowest BCUT2D eigenvalue weighted by Gasteiger charge is -2.01. The summed E-state index contributed by atoms with van der Waals surface area (Å²) in [5.74, 6) is -0.0324. The number of nitrogens with zero attached hydrogens (tertiary/aromatic N) is 3. The first kappa shape index (κ1) is 13.7. The minimum absolute atomic E-state index is 0.0324. The van der Waals surface area contributed by atoms with Crippen molar-refractivity contribution in [1.82, 2.24) is 4.57 Å². The van der Waals surface area contributed by atoms with Gasteiger partial charge < -0.3 is 10.1 Å². The lowest BCUT2D eigenvalue weighted by Crippen LogP contribution is -1.98. The fourth-order valence-corrected chi connectivity index (χ4v) is 2.63. The van der Waals surface area contributed by atoms with E-state index in [1.54, 1.807) is 25.2 Å². The topological polar surface area (TPSA) is 91.2 Å². The first-order chi connectivity index (χ1) is 10.5. The van der Waals surface area contributed by atoms with Gasteiger partial charge in [-0.2, -0.15) is 0 Å². The summed E-state index contributed by atoms with van der Waals surface area (Å²) in [5.41, 5.74) is 1.74. The van der Waals surface area contributed by atoms with E-state index >= 15 is 0 Å². The van der Waals surface area contributed by atoms with Crippen LogP contribution in [0.2, 0.25) is 0 Å². The van der Waals surface area contributed by atoms with E-state index in [0.29, 0.717) is 11.1 Å². The van der Waals surface area contributed by atoms with E-state index in [1.165, 1.54) is 28.8 Å². The molecule has 7 heteroatoms. The number of fused-ring (bicyclic) bond motifs is 1. The third-order valence-electron chi connectivity index (χ3n) is 3.62. The second-order valence-electron chi connectivity index (χ2n) is 4.84. The summed E-state index contributed by atoms with van der Waals surface area (Å²) in [4.78, 5) is 21.2. The predicted octanol–water partition coefficient (Wildman–Crippen LogP) is 3.66. The van der Waals surface area contributed by atoms with Crippen molar-refractivity contribution in [3.8, 4) is 11.1 Å². The highest BCUT2D eigenvalue weighted by Gasteiger charge is 2.25. The predicted molar refractivity (Wildman–Crippen MR) is 81.7 cm³/mol. The number of hydrogen-bond acceptors (Lipinski definition) is 4. The Morgan fingerprint density at radius 3 is 2.14 bits per heavy atom. The molecule has 0 radical (unpaired) electrons. The quantitative estimate of drug-likeness (QED) is 0.544. The number of para-hydroxylation sites is 1. The Balaban J connectivity index is 2.31. The van der Waals surface area contributed by atoms with Gasteiger partial charge in [-0.15, -0.1) is 0 Å². The zero-order valence-electron chi connectivity index (χ0n) is 11.6. The van der Waals surface area contributed by atoms with Crippen molar-refractivity contribution < 1.29 is 9.85 Å². The standard InChI is InChI=1S/C15H11N3O4/c1-16-13-5-3-2-4-12(13)14(15(16)18(21)22)10-6-8-11(9-7-10)17(19)20/h2-9H,1H3. The van der Waals surface area contributed by atoms with Gasteiger partial charge >= 0.3 is 5.82 Å². The Kier molecular flexibility index (Phi) is 3.10. The number of benzene rings is 2. The monoisotopic (exact) mass is 297 g/mol. The molecule has 22 heavy (non-hydrogen) atoms. The van der Waals surface area contributed by atoms with E-state index in [4.69, 9.17) is 0 Å². The molecule has 0 bridgehead atoms. The molecular formula is C15H11N3O4. The number of nitro groups is 2. The van der Waals surface area contributed by atoms with Crippen LogP contribution < -0.4 is 0 Å². The Morgan fingerprint density at radius 1 is 0.909 bits per heavy atom. The van der Waals surface area contributed by atoms with Gasteiger partial charge in [-0.05, 0) is 34.8 Å². The molecular weight excluding hydrogens is 286 g/mol. The summed E-state index contributed by atoms with van der Waals surface area (Å²) in [6.45, 7) is 0. The van der Waals surface area contributed by atoms with Crippen LogP contribution >= 0.6 is 0 Å². The molecule has 0 aliphatic heterocycles. The largest absolute Gasteiger partial charge is 0.358 e. The number of aryl methyl sites for hydroxylation is 1. The maximum absolute atomic E-state index is 11.4. The first-order valence-electron chi connectivity index (χ1n) is 6.47. The van der Waals surface area contributed by atoms with Gasteiger partial charge in [-0.25, -0.2) is 4.57 Å². The molecule has 2 aromatic carbocycles. The Bertz CT molecular complexity index is 897. The molecule has 0 fully saturated rings. The molecule has 3 rings (SSSR count). The maximum atomic E-state index is 11.4. The Hall–Kier alpha value is -3.22. The minimum atomic E-state index is -0.499. The first-order valence-corrected chi connectivity index (χ1v) is 6.47. The van der Waals surface area contributed by atoms with Gasteiger partial charge in [-0.1, -0.05) is 12.1 Å². The molecule has 0 saturated heterocycles. The zero-order chi connectivity index (χ0) is 15.9. The second-order valence-corrected chi connectivity index (χ2v) is 4.84. The summed E-state index contributed by atoms with van der Waals surface area (Å²) < 4.78 is 1.52. The van der Waals surface area contributed by atoms with Crippen LogP contribution in [0.4, 0.5) is 11.5 Å². The third kappa shape index (κ3) is 1.99. The van der Waals surface area contributed by atoms with Crippen LogP contribution in [0.3, 0.4) is 0 Å². The number of non-ortho nitro benzene ring substituents is 1. The Labute approximate surface area is 124 Å². The Morgan fingerprint density at radius 2 is 1.55 bits per heavy atom. The lowest BCUT2D eigenvalue weighted by molar-refractivity contribution is -0.390. The number of aromatic nitrogens is 1. The molecule has 0 amide bonds. The van der Waals surface area contributed by atoms with Crippen LogP contribution in [0.15, 0.2) is 48.5 Å². The van der Waals surface area contributed by atoms with E-state index in [1.807, 2.05) is 6.07 Å². The van der Waals surface area contributed by atoms with Crippen molar-refractivity contribution in [2.75, 3.05) is 0 Å². The minimum Gasteiger partial charge on any atom is -0.358 e. The molecule has 0 aliphatic carbocycles. The number of rotatable bonds is 3. The maximum Gasteiger partial charge on any atom is 0.331 e. The average Bonchev–Trinajstić information content (AvgIpc) is 2.81. The van der Waals surface area contributed by atoms with Gasteiger partial charge in [0.15, 0.2) is 0 Å². The van der Waals surface area contributed by atoms with E-state index < -0.39 is 9.85 Å². The molecule has 0 spiro atoms. The number of nitro benzene ring substituents is 1. The molecule has 0 atom stereocenters. The van der Waals surface area contributed by atoms with Gasteiger partial charge in [0.25, 0.3) is 5.69 Å². The van der Waals surface area contributed by atoms with Crippen LogP contribution in [0.25, 0.3) is 22.0 Å². The summed E-state index contributed by atoms with van der Waals surface area (Å²) >= 11 is 0. The van der Waals surface area contributed by atoms with E-state index in [2.05, 4.69) is 0 Å². The van der Waals surface area contributed by atoms with Gasteiger partial charge in [-0.3, -0.25) is 10.1 Å². The lowest BCUT2D eigenvalue weighted by atomic mass is 10.0. The molecule has 1 aromatic heterocycles. The fourth-order valence-electron chi connectivity index (χ4n) is 2.63. The molecule has 0 saturated carbocycles. The van der Waals surface area contributed by atoms with E-state index in [9.17, 15) is 20.2 Å². The van der Waals surface area contributed by atoms with Crippen molar-refractivity contribution in [2.45, 2.75) is 0 Å². The SMILES string of the molecule is Cn1c([N+](=O)[O-])c(-c2ccc([N+](=O)[O-])cc2)c2ccccc21. The van der Waals surface area contributed by atoms with Gasteiger partial charge in [0.05, 0.1) is 17.5 Å². The molecule has 110 valence electrons. The van der Waals surface area contributed by atoms with Crippen molar-refractivity contribution >= 4 is 22.4 Å². The molecule has 3 aromatic rings. The summed E-state index contributed by atoms with van der Waals surface area (Å²) in [7, 11) is 1.63. The second kappa shape index (κ2) is 4.96. The molecule has 0 aliphatic rings. The zero-order valence-corrected chi connectivity index (χ0v) is 11.6. The number of hydrogen-bond donors (Lipinski definition) is 0. The third-order valence-corrected chi connectivity index (χ3v) is 3.62. The highest BCUT2D eigenvalue weighted by atomic mass is 16.6. The summed E-state index contributed by atoms with van der Waals surface area (Å²) in [6.07, 6.45) is 0. The van der Waals surface area contributed by atoms with Crippen molar-refractivity contribution in [2.24, 2.45) is 7.05 Å². The van der Waals surface area contributed by atoms with E-state index in [-0.39, 0.29) is 11.5 Å². The fraction of sp³-hybridized carbons (Fsp3) is 0.0667. The molecule has 1 heterocycles. The van der Waals surface area contributed by atoms with Crippen LogP contribution in [0.1, 0.15) is 0 Å². The summed E-state index contributed by atoms with van der Waals surface area (Å²) in [6, 6.07) is 13.0. The van der Waals surface area contributed by atoms with Crippen molar-refractivity contribution in [3.63, 3.8) is 0 Å². The normalized spacial score (nSPS) is 10.8.